The number of sulfonamides is 1. The third-order valence-electron chi connectivity index (χ3n) is 3.87. The number of nitrogens with one attached hydrogen (secondary N) is 1. The Kier molecular flexibility index (Phi) is 4.72. The van der Waals surface area contributed by atoms with Gasteiger partial charge in [-0.15, -0.1) is 0 Å². The highest BCUT2D eigenvalue weighted by atomic mass is 32.2. The van der Waals surface area contributed by atoms with Crippen molar-refractivity contribution in [3.8, 4) is 0 Å². The molecule has 1 heterocycles. The standard InChI is InChI=1S/C18H15F3N2O2S/c1-12-10-13(16-4-2-3-5-17(16)23-12)11-22-26(24,25)15-8-6-14(7-9-15)18(19,20)21/h2-10,22H,11H2,1H3. The number of hydrogen-bond donors (Lipinski definition) is 1. The molecule has 2 aromatic carbocycles. The van der Waals surface area contributed by atoms with Crippen LogP contribution in [0.4, 0.5) is 13.2 Å². The van der Waals surface area contributed by atoms with E-state index in [0.717, 1.165) is 46.4 Å². The Morgan fingerprint density at radius 3 is 2.35 bits per heavy atom. The molecule has 0 aliphatic heterocycles. The monoisotopic (exact) mass is 380 g/mol. The van der Waals surface area contributed by atoms with Gasteiger partial charge in [0.1, 0.15) is 0 Å². The van der Waals surface area contributed by atoms with Crippen molar-refractivity contribution < 1.29 is 21.6 Å². The smallest absolute Gasteiger partial charge is 0.253 e. The number of para-hydroxylation sites is 1. The molecule has 0 radical (unpaired) electrons. The highest BCUT2D eigenvalue weighted by Gasteiger charge is 2.30. The summed E-state index contributed by atoms with van der Waals surface area (Å²) in [5.41, 5.74) is 1.33. The normalized spacial score (nSPS) is 12.5. The first-order valence-electron chi connectivity index (χ1n) is 7.69. The molecule has 0 aliphatic rings. The number of nitrogens with zero attached hydrogens (tertiary/aromatic N) is 1. The fraction of sp³-hybridized carbons (Fsp3) is 0.167. The summed E-state index contributed by atoms with van der Waals surface area (Å²) in [5.74, 6) is 0. The number of aryl methyl sites for hydroxylation is 1. The molecular weight excluding hydrogens is 365 g/mol. The van der Waals surface area contributed by atoms with Gasteiger partial charge in [-0.05, 0) is 48.9 Å². The minimum Gasteiger partial charge on any atom is -0.253 e. The van der Waals surface area contributed by atoms with Gasteiger partial charge in [0.05, 0.1) is 16.0 Å². The van der Waals surface area contributed by atoms with E-state index in [1.54, 1.807) is 13.0 Å². The van der Waals surface area contributed by atoms with Gasteiger partial charge in [0.25, 0.3) is 0 Å². The average molecular weight is 380 g/mol. The first-order chi connectivity index (χ1) is 12.2. The van der Waals surface area contributed by atoms with Crippen LogP contribution in [-0.4, -0.2) is 13.4 Å². The van der Waals surface area contributed by atoms with Crippen LogP contribution < -0.4 is 4.72 Å². The molecule has 136 valence electrons. The van der Waals surface area contributed by atoms with Crippen LogP contribution in [0.3, 0.4) is 0 Å². The highest BCUT2D eigenvalue weighted by Crippen LogP contribution is 2.29. The number of benzene rings is 2. The van der Waals surface area contributed by atoms with Crippen LogP contribution in [-0.2, 0) is 22.7 Å². The van der Waals surface area contributed by atoms with Gasteiger partial charge >= 0.3 is 6.18 Å². The summed E-state index contributed by atoms with van der Waals surface area (Å²) in [6, 6.07) is 12.5. The van der Waals surface area contributed by atoms with Gasteiger partial charge < -0.3 is 0 Å². The van der Waals surface area contributed by atoms with E-state index in [2.05, 4.69) is 9.71 Å². The van der Waals surface area contributed by atoms with Gasteiger partial charge in [-0.1, -0.05) is 18.2 Å². The number of aromatic nitrogens is 1. The van der Waals surface area contributed by atoms with Crippen LogP contribution in [0.25, 0.3) is 10.9 Å². The molecule has 0 fully saturated rings. The maximum atomic E-state index is 12.6. The lowest BCUT2D eigenvalue weighted by atomic mass is 10.1. The van der Waals surface area contributed by atoms with Gasteiger partial charge in [0.15, 0.2) is 0 Å². The van der Waals surface area contributed by atoms with Crippen LogP contribution in [0, 0.1) is 6.92 Å². The number of pyridine rings is 1. The van der Waals surface area contributed by atoms with Crippen molar-refractivity contribution in [2.45, 2.75) is 24.5 Å². The van der Waals surface area contributed by atoms with E-state index < -0.39 is 21.8 Å². The Hall–Kier alpha value is -2.45. The first-order valence-corrected chi connectivity index (χ1v) is 9.17. The lowest BCUT2D eigenvalue weighted by Gasteiger charge is -2.11. The molecule has 0 saturated heterocycles. The quantitative estimate of drug-likeness (QED) is 0.743. The third kappa shape index (κ3) is 3.86. The van der Waals surface area contributed by atoms with E-state index in [1.807, 2.05) is 24.3 Å². The van der Waals surface area contributed by atoms with Crippen molar-refractivity contribution in [1.29, 1.82) is 0 Å². The molecule has 0 spiro atoms. The van der Waals surface area contributed by atoms with Crippen molar-refractivity contribution in [2.24, 2.45) is 0 Å². The van der Waals surface area contributed by atoms with E-state index in [4.69, 9.17) is 0 Å². The second-order valence-electron chi connectivity index (χ2n) is 5.79. The van der Waals surface area contributed by atoms with Crippen molar-refractivity contribution >= 4 is 20.9 Å². The van der Waals surface area contributed by atoms with Gasteiger partial charge in [0, 0.05) is 17.6 Å². The zero-order chi connectivity index (χ0) is 18.9. The molecule has 3 aromatic rings. The molecule has 0 aliphatic carbocycles. The average Bonchev–Trinajstić information content (AvgIpc) is 2.59. The van der Waals surface area contributed by atoms with Gasteiger partial charge in [0.2, 0.25) is 10.0 Å². The summed E-state index contributed by atoms with van der Waals surface area (Å²) in [7, 11) is -3.94. The summed E-state index contributed by atoms with van der Waals surface area (Å²) in [6.07, 6.45) is -4.51. The zero-order valence-electron chi connectivity index (χ0n) is 13.7. The molecule has 26 heavy (non-hydrogen) atoms. The molecule has 4 nitrogen and oxygen atoms in total. The van der Waals surface area contributed by atoms with Crippen molar-refractivity contribution in [3.63, 3.8) is 0 Å². The van der Waals surface area contributed by atoms with E-state index in [1.165, 1.54) is 0 Å². The molecule has 3 rings (SSSR count). The van der Waals surface area contributed by atoms with Crippen LogP contribution >= 0.6 is 0 Å². The highest BCUT2D eigenvalue weighted by molar-refractivity contribution is 7.89. The maximum absolute atomic E-state index is 12.6. The molecule has 8 heteroatoms. The minimum absolute atomic E-state index is 0.00717. The van der Waals surface area contributed by atoms with E-state index >= 15 is 0 Å². The Balaban J connectivity index is 1.85. The molecule has 0 bridgehead atoms. The lowest BCUT2D eigenvalue weighted by molar-refractivity contribution is -0.137. The second-order valence-corrected chi connectivity index (χ2v) is 7.55. The molecule has 0 unspecified atom stereocenters. The number of alkyl halides is 3. The largest absolute Gasteiger partial charge is 0.416 e. The fourth-order valence-corrected chi connectivity index (χ4v) is 3.63. The Bertz CT molecular complexity index is 1050. The topological polar surface area (TPSA) is 59.1 Å². The molecule has 1 aromatic heterocycles. The minimum atomic E-state index is -4.51. The van der Waals surface area contributed by atoms with Crippen molar-refractivity contribution in [2.75, 3.05) is 0 Å². The van der Waals surface area contributed by atoms with Crippen molar-refractivity contribution in [1.82, 2.24) is 9.71 Å². The molecular formula is C18H15F3N2O2S. The van der Waals surface area contributed by atoms with Crippen molar-refractivity contribution in [3.05, 3.63) is 71.4 Å². The Morgan fingerprint density at radius 2 is 1.69 bits per heavy atom. The summed E-state index contributed by atoms with van der Waals surface area (Å²) < 4.78 is 65.0. The first kappa shape index (κ1) is 18.3. The number of halogens is 3. The summed E-state index contributed by atoms with van der Waals surface area (Å²) in [6.45, 7) is 1.81. The van der Waals surface area contributed by atoms with Crippen LogP contribution in [0.1, 0.15) is 16.8 Å². The predicted octanol–water partition coefficient (Wildman–Crippen LogP) is 4.04. The fourth-order valence-electron chi connectivity index (χ4n) is 2.62. The van der Waals surface area contributed by atoms with Gasteiger partial charge in [-0.3, -0.25) is 4.98 Å². The number of rotatable bonds is 4. The summed E-state index contributed by atoms with van der Waals surface area (Å²) in [4.78, 5) is 4.17. The second kappa shape index (κ2) is 6.69. The number of fused-ring (bicyclic) bond motifs is 1. The van der Waals surface area contributed by atoms with Crippen LogP contribution in [0.2, 0.25) is 0 Å². The molecule has 1 N–H and O–H groups in total. The predicted molar refractivity (Wildman–Crippen MR) is 91.9 cm³/mol. The van der Waals surface area contributed by atoms with Gasteiger partial charge in [-0.2, -0.15) is 13.2 Å². The van der Waals surface area contributed by atoms with Crippen LogP contribution in [0.5, 0.6) is 0 Å². The van der Waals surface area contributed by atoms with Crippen LogP contribution in [0.15, 0.2) is 59.5 Å². The number of hydrogen-bond acceptors (Lipinski definition) is 3. The molecule has 0 atom stereocenters. The Labute approximate surface area is 148 Å². The molecule has 0 saturated carbocycles. The lowest BCUT2D eigenvalue weighted by Crippen LogP contribution is -2.23. The van der Waals surface area contributed by atoms with Gasteiger partial charge in [-0.25, -0.2) is 13.1 Å². The SMILES string of the molecule is Cc1cc(CNS(=O)(=O)c2ccc(C(F)(F)F)cc2)c2ccccc2n1. The summed E-state index contributed by atoms with van der Waals surface area (Å²) in [5, 5.41) is 0.813. The molecule has 0 amide bonds. The van der Waals surface area contributed by atoms with E-state index in [-0.39, 0.29) is 11.4 Å². The maximum Gasteiger partial charge on any atom is 0.416 e. The summed E-state index contributed by atoms with van der Waals surface area (Å²) >= 11 is 0. The Morgan fingerprint density at radius 1 is 1.04 bits per heavy atom. The van der Waals surface area contributed by atoms with E-state index in [0.29, 0.717) is 0 Å². The third-order valence-corrected chi connectivity index (χ3v) is 5.29. The zero-order valence-corrected chi connectivity index (χ0v) is 14.5. The van der Waals surface area contributed by atoms with E-state index in [9.17, 15) is 21.6 Å².